The summed E-state index contributed by atoms with van der Waals surface area (Å²) in [6, 6.07) is 2.46. The zero-order chi connectivity index (χ0) is 103. The average molecular weight is 2010 g/mol. The normalized spacial score (nSPS) is 16.0. The van der Waals surface area contributed by atoms with Gasteiger partial charge in [0, 0.05) is 117 Å². The third-order valence-electron chi connectivity index (χ3n) is 23.2. The van der Waals surface area contributed by atoms with Crippen LogP contribution in [0.15, 0.2) is 77.9 Å². The number of carboxylic acids is 5. The lowest BCUT2D eigenvalue weighted by atomic mass is 10.0. The number of methoxy groups -OCH3 is 1. The second-order valence-corrected chi connectivity index (χ2v) is 36.2. The molecule has 3 unspecified atom stereocenters. The van der Waals surface area contributed by atoms with Gasteiger partial charge in [-0.05, 0) is 132 Å². The van der Waals surface area contributed by atoms with Gasteiger partial charge < -0.3 is 124 Å². The molecule has 10 rings (SSSR count). The van der Waals surface area contributed by atoms with Crippen molar-refractivity contribution < 1.29 is 121 Å². The van der Waals surface area contributed by atoms with Gasteiger partial charge in [0.25, 0.3) is 23.3 Å². The standard InChI is InChI=1S/C90H112N24O26S2/c1-6-63-84(132)111(4)65-43-98-89(109-74(65)114(63)53-17-7-8-18-53)106-56-26-23-50(37-66(56)138-5)75(123)94-32-13-35-139-36-14-34-112(33-10-9-15-48-16-11-19-54-55(48)44-113(83(54)131)64-28-30-68(116)107-81(64)129)90(137)140-46(2)47(3)142-141-45-62(86(135)136)105-80(128)61(40-71(121)122)104-79(127)60(39-70(119)120)103-77(125)57(20-12-31-95-87(91)92)101-78(126)59(38-69(117)118)100-67(115)29-27-58(85(133)134)102-76(124)49-21-24-51(25-22-49)96-41-52-42-97-73-72(99-52)82(130)110-88(93)108-73/h11,16,19,21-26,37,42-43,46-47,53,57-64,96H,6-8,10,12-14,17-18,20,27-36,38-41,44-45H2,1-5H3,(H,94,123)(H,100,115)(H,101,126)(H,102,124)(H,103,125)(H,104,127)(H,105,128)(H,117,118)(H,119,120)(H,121,122)(H,133,134)(H,135,136)(H4,91,92,95)(H,98,106,109)(H,107,116,129)(H3,93,97,108,110,130)/t46?,47?,57-,58+,59-,60-,61-,62-,63-,64?/m1/s1. The molecule has 4 aliphatic rings. The Morgan fingerprint density at radius 1 is 0.704 bits per heavy atom. The zero-order valence-electron chi connectivity index (χ0n) is 78.0. The number of fused-ring (bicyclic) bond motifs is 3. The van der Waals surface area contributed by atoms with E-state index in [-0.39, 0.29) is 137 Å². The third kappa shape index (κ3) is 30.7. The molecule has 6 aromatic rings. The number of nitrogens with zero attached hydrogens (tertiary/aromatic N) is 9. The molecule has 3 aromatic heterocycles. The van der Waals surface area contributed by atoms with E-state index >= 15 is 0 Å². The van der Waals surface area contributed by atoms with Crippen molar-refractivity contribution in [3.63, 3.8) is 0 Å². The minimum absolute atomic E-state index is 0.0111. The summed E-state index contributed by atoms with van der Waals surface area (Å²) in [6.45, 7) is 5.79. The summed E-state index contributed by atoms with van der Waals surface area (Å²) >= 11 is 0. The minimum Gasteiger partial charge on any atom is -0.495 e. The largest absolute Gasteiger partial charge is 0.495 e. The molecule has 0 radical (unpaired) electrons. The van der Waals surface area contributed by atoms with E-state index in [1.54, 1.807) is 68.4 Å². The molecule has 3 aliphatic heterocycles. The highest BCUT2D eigenvalue weighted by Crippen LogP contribution is 2.41. The summed E-state index contributed by atoms with van der Waals surface area (Å²) < 4.78 is 17.6. The van der Waals surface area contributed by atoms with Gasteiger partial charge in [-0.3, -0.25) is 87.6 Å². The minimum atomic E-state index is -2.23. The zero-order valence-corrected chi connectivity index (χ0v) is 79.6. The van der Waals surface area contributed by atoms with E-state index in [1.807, 2.05) is 12.2 Å². The smallest absolute Gasteiger partial charge is 0.410 e. The Bertz CT molecular complexity index is 5860. The number of amides is 12. The van der Waals surface area contributed by atoms with Gasteiger partial charge in [-0.1, -0.05) is 59.3 Å². The number of guanidine groups is 1. The molecule has 1 saturated heterocycles. The van der Waals surface area contributed by atoms with Crippen LogP contribution in [0.2, 0.25) is 0 Å². The Kier molecular flexibility index (Phi) is 39.6. The number of nitrogens with one attached hydrogen (secondary N) is 13. The number of hydrogen-bond acceptors (Lipinski definition) is 33. The van der Waals surface area contributed by atoms with Crippen LogP contribution in [0.5, 0.6) is 5.75 Å². The van der Waals surface area contributed by atoms with Crippen molar-refractivity contribution in [2.45, 2.75) is 209 Å². The number of ether oxygens (including phenoxy) is 3. The van der Waals surface area contributed by atoms with E-state index in [0.29, 0.717) is 69.4 Å². The van der Waals surface area contributed by atoms with Crippen molar-refractivity contribution in [2.24, 2.45) is 5.73 Å². The number of aliphatic carboxylic acids is 5. The van der Waals surface area contributed by atoms with E-state index in [4.69, 9.17) is 36.1 Å². The van der Waals surface area contributed by atoms with Crippen LogP contribution in [0.1, 0.15) is 178 Å². The molecule has 50 nitrogen and oxygen atoms in total. The van der Waals surface area contributed by atoms with Crippen LogP contribution in [0, 0.1) is 17.3 Å². The number of H-pyrrole nitrogens is 1. The van der Waals surface area contributed by atoms with Gasteiger partial charge >= 0.3 is 35.9 Å². The maximum Gasteiger partial charge on any atom is 0.410 e. The molecule has 3 aromatic carbocycles. The number of rotatable bonds is 52. The van der Waals surface area contributed by atoms with Crippen LogP contribution in [0.4, 0.5) is 39.6 Å². The number of aromatic nitrogens is 6. The fourth-order valence-corrected chi connectivity index (χ4v) is 18.3. The molecule has 0 spiro atoms. The maximum absolute atomic E-state index is 14.2. The number of hydrogen-bond donors (Lipinski definition) is 20. The SMILES string of the molecule is CC[C@@H]1C(=O)N(C)c2cnc(Nc3ccc(C(=O)NCCCOCCCN(CCC#Cc4cccc5c4CN(C4CCC(=O)NC4=O)C5=O)C(=O)OC(C)C(C)SSC[C@@H](NC(=O)[C@@H](CC(=O)O)NC(=O)[C@@H](CC(=O)O)NC(=O)[C@@H](CCCNC(=N)N)NC(=O)[C@@H](CC(=O)O)NC(=O)CC[C@H](NC(=O)c4ccc(NCc5cnc6nc(N)[nH]c(=O)c6n5)cc4)C(=O)O)C(=O)O)cc3OC)nc2N1C1CCCC1. The van der Waals surface area contributed by atoms with E-state index in [1.165, 1.54) is 47.4 Å². The number of carbonyl (C=O) groups excluding carboxylic acids is 12. The molecule has 760 valence electrons. The summed E-state index contributed by atoms with van der Waals surface area (Å²) in [7, 11) is 5.09. The summed E-state index contributed by atoms with van der Waals surface area (Å²) in [5.41, 5.74) is 13.9. The number of nitrogen functional groups attached to an aromatic ring is 1. The van der Waals surface area contributed by atoms with Gasteiger partial charge in [0.2, 0.25) is 59.2 Å². The van der Waals surface area contributed by atoms with Crippen LogP contribution in [-0.2, 0) is 84.9 Å². The highest BCUT2D eigenvalue weighted by Gasteiger charge is 2.44. The Balaban J connectivity index is 0.713. The monoisotopic (exact) mass is 2010 g/mol. The highest BCUT2D eigenvalue weighted by molar-refractivity contribution is 8.77. The number of carboxylic acid groups (broad SMARTS) is 5. The second-order valence-electron chi connectivity index (χ2n) is 33.4. The number of anilines is 6. The number of carbonyl (C=O) groups is 17. The number of imide groups is 1. The lowest BCUT2D eigenvalue weighted by Crippen LogP contribution is -2.59. The Hall–Kier alpha value is -15.6. The Morgan fingerprint density at radius 3 is 1.99 bits per heavy atom. The van der Waals surface area contributed by atoms with E-state index in [0.717, 1.165) is 47.3 Å². The van der Waals surface area contributed by atoms with Crippen LogP contribution < -0.4 is 90.0 Å². The quantitative estimate of drug-likeness (QED) is 0.00636. The number of benzene rings is 3. The van der Waals surface area contributed by atoms with Crippen molar-refractivity contribution in [3.8, 4) is 17.6 Å². The van der Waals surface area contributed by atoms with Gasteiger partial charge in [-0.15, -0.1) is 0 Å². The average Bonchev–Trinajstić information content (AvgIpc) is 0.973. The molecule has 52 heteroatoms. The lowest BCUT2D eigenvalue weighted by Gasteiger charge is -2.43. The second kappa shape index (κ2) is 51.9. The summed E-state index contributed by atoms with van der Waals surface area (Å²) in [6.07, 6.45) is 1.09. The molecule has 22 N–H and O–H groups in total. The summed E-state index contributed by atoms with van der Waals surface area (Å²) in [5.74, 6) is -11.7. The number of piperidine rings is 1. The predicted molar refractivity (Wildman–Crippen MR) is 511 cm³/mol. The molecule has 1 aliphatic carbocycles. The van der Waals surface area contributed by atoms with E-state index in [2.05, 4.69) is 94.8 Å². The number of likely N-dealkylation sites (N-methyl/N-ethyl adjacent to an activating group) is 1. The number of aromatic amines is 1. The fraction of sp³-hybridized carbons (Fsp3) is 0.467. The van der Waals surface area contributed by atoms with Crippen LogP contribution in [-0.4, -0.2) is 297 Å². The third-order valence-corrected chi connectivity index (χ3v) is 26.2. The first-order chi connectivity index (χ1) is 67.8. The van der Waals surface area contributed by atoms with Crippen molar-refractivity contribution in [2.75, 3.05) is 85.5 Å². The van der Waals surface area contributed by atoms with Crippen LogP contribution in [0.25, 0.3) is 11.2 Å². The topological polar surface area (TPSA) is 738 Å². The molecule has 10 atom stereocenters. The van der Waals surface area contributed by atoms with Gasteiger partial charge in [0.1, 0.15) is 65.9 Å². The van der Waals surface area contributed by atoms with Gasteiger partial charge in [0.15, 0.2) is 22.9 Å². The molecule has 0 bridgehead atoms. The molecule has 6 heterocycles. The van der Waals surface area contributed by atoms with Crippen LogP contribution >= 0.6 is 21.6 Å². The maximum atomic E-state index is 14.2. The molecule has 142 heavy (non-hydrogen) atoms. The van der Waals surface area contributed by atoms with Gasteiger partial charge in [0.05, 0.1) is 56.7 Å². The predicted octanol–water partition coefficient (Wildman–Crippen LogP) is 1.14. The highest BCUT2D eigenvalue weighted by atomic mass is 33.1. The summed E-state index contributed by atoms with van der Waals surface area (Å²) in [4.78, 5) is 267. The first-order valence-corrected chi connectivity index (χ1v) is 47.8. The first-order valence-electron chi connectivity index (χ1n) is 45.4. The first kappa shape index (κ1) is 108. The van der Waals surface area contributed by atoms with Gasteiger partial charge in [-0.2, -0.15) is 9.97 Å². The lowest BCUT2D eigenvalue weighted by molar-refractivity contribution is -0.144. The Labute approximate surface area is 819 Å². The molecule has 12 amide bonds. The molecule has 1 saturated carbocycles. The number of nitrogens with two attached hydrogens (primary N) is 2. The fourth-order valence-electron chi connectivity index (χ4n) is 15.6. The van der Waals surface area contributed by atoms with Crippen molar-refractivity contribution in [3.05, 3.63) is 117 Å². The molecular weight excluding hydrogens is 1900 g/mol. The van der Waals surface area contributed by atoms with Crippen molar-refractivity contribution in [1.82, 2.24) is 87.6 Å². The Morgan fingerprint density at radius 2 is 1.35 bits per heavy atom. The molecule has 2 fully saturated rings. The van der Waals surface area contributed by atoms with E-state index in [9.17, 15) is 112 Å². The van der Waals surface area contributed by atoms with Crippen molar-refractivity contribution >= 4 is 174 Å². The van der Waals surface area contributed by atoms with Gasteiger partial charge in [-0.25, -0.2) is 29.3 Å². The molecular formula is C90H112N24O26S2. The van der Waals surface area contributed by atoms with E-state index < -0.39 is 199 Å². The van der Waals surface area contributed by atoms with Crippen molar-refractivity contribution in [1.29, 1.82) is 5.41 Å². The summed E-state index contributed by atoms with van der Waals surface area (Å²) in [5, 5.41) is 83.9. The van der Waals surface area contributed by atoms with Crippen LogP contribution in [0.3, 0.4) is 0 Å².